The van der Waals surface area contributed by atoms with Crippen molar-refractivity contribution >= 4 is 35.0 Å². The highest BCUT2D eigenvalue weighted by atomic mass is 35.5. The quantitative estimate of drug-likeness (QED) is 0.430. The van der Waals surface area contributed by atoms with Gasteiger partial charge in [0.2, 0.25) is 11.8 Å². The molecule has 3 aromatic carbocycles. The van der Waals surface area contributed by atoms with Crippen LogP contribution in [-0.2, 0) is 29.0 Å². The number of aryl methyl sites for hydroxylation is 1. The lowest BCUT2D eigenvalue weighted by atomic mass is 10.0. The van der Waals surface area contributed by atoms with Gasteiger partial charge in [-0.25, -0.2) is 0 Å². The molecule has 172 valence electrons. The van der Waals surface area contributed by atoms with Crippen molar-refractivity contribution in [2.75, 3.05) is 6.54 Å². The van der Waals surface area contributed by atoms with E-state index in [0.29, 0.717) is 23.0 Å². The molecule has 2 amide bonds. The van der Waals surface area contributed by atoms with Gasteiger partial charge in [-0.05, 0) is 42.7 Å². The average molecular weight is 483 g/mol. The molecule has 1 atom stereocenters. The summed E-state index contributed by atoms with van der Waals surface area (Å²) < 4.78 is 0. The van der Waals surface area contributed by atoms with Crippen molar-refractivity contribution in [3.8, 4) is 0 Å². The highest BCUT2D eigenvalue weighted by molar-refractivity contribution is 6.35. The normalized spacial score (nSPS) is 11.6. The van der Waals surface area contributed by atoms with Crippen molar-refractivity contribution in [2.45, 2.75) is 39.3 Å². The highest BCUT2D eigenvalue weighted by Gasteiger charge is 2.30. The summed E-state index contributed by atoms with van der Waals surface area (Å²) in [6.45, 7) is 4.55. The smallest absolute Gasteiger partial charge is 0.243 e. The maximum atomic E-state index is 13.6. The van der Waals surface area contributed by atoms with E-state index in [2.05, 4.69) is 5.32 Å². The predicted octanol–water partition coefficient (Wildman–Crippen LogP) is 5.62. The zero-order valence-electron chi connectivity index (χ0n) is 18.9. The van der Waals surface area contributed by atoms with Crippen molar-refractivity contribution in [3.05, 3.63) is 105 Å². The van der Waals surface area contributed by atoms with Gasteiger partial charge in [-0.1, -0.05) is 89.4 Å². The largest absolute Gasteiger partial charge is 0.355 e. The number of halogens is 2. The number of likely N-dealkylation sites (N-methyl/N-ethyl adjacent to an activating group) is 1. The van der Waals surface area contributed by atoms with E-state index >= 15 is 0 Å². The summed E-state index contributed by atoms with van der Waals surface area (Å²) in [5, 5.41) is 3.88. The molecule has 0 aliphatic rings. The lowest BCUT2D eigenvalue weighted by Gasteiger charge is -2.32. The van der Waals surface area contributed by atoms with Crippen LogP contribution in [0.1, 0.15) is 29.2 Å². The Labute approximate surface area is 205 Å². The minimum absolute atomic E-state index is 0.142. The van der Waals surface area contributed by atoms with E-state index < -0.39 is 6.04 Å². The van der Waals surface area contributed by atoms with E-state index in [-0.39, 0.29) is 24.8 Å². The molecule has 6 heteroatoms. The Bertz CT molecular complexity index is 1090. The molecule has 0 aliphatic carbocycles. The maximum absolute atomic E-state index is 13.6. The first-order valence-corrected chi connectivity index (χ1v) is 11.7. The monoisotopic (exact) mass is 482 g/mol. The van der Waals surface area contributed by atoms with Crippen LogP contribution in [0, 0.1) is 6.92 Å². The van der Waals surface area contributed by atoms with Crippen LogP contribution < -0.4 is 5.32 Å². The molecule has 0 spiro atoms. The number of hydrogen-bond acceptors (Lipinski definition) is 2. The Hall–Kier alpha value is -2.82. The van der Waals surface area contributed by atoms with Gasteiger partial charge in [0.15, 0.2) is 0 Å². The number of carbonyl (C=O) groups is 2. The van der Waals surface area contributed by atoms with Gasteiger partial charge in [0.1, 0.15) is 6.04 Å². The number of nitrogens with zero attached hydrogens (tertiary/aromatic N) is 1. The van der Waals surface area contributed by atoms with E-state index in [0.717, 1.165) is 22.3 Å². The second-order valence-corrected chi connectivity index (χ2v) is 8.86. The molecule has 1 N–H and O–H groups in total. The Morgan fingerprint density at radius 3 is 2.27 bits per heavy atom. The Balaban J connectivity index is 1.97. The first-order chi connectivity index (χ1) is 15.9. The summed E-state index contributed by atoms with van der Waals surface area (Å²) >= 11 is 12.5. The summed E-state index contributed by atoms with van der Waals surface area (Å²) in [6.07, 6.45) is 0.591. The molecular weight excluding hydrogens is 455 g/mol. The molecule has 0 fully saturated rings. The zero-order chi connectivity index (χ0) is 23.8. The molecule has 0 unspecified atom stereocenters. The van der Waals surface area contributed by atoms with Gasteiger partial charge in [0, 0.05) is 29.6 Å². The fourth-order valence-electron chi connectivity index (χ4n) is 3.66. The van der Waals surface area contributed by atoms with E-state index in [1.165, 1.54) is 0 Å². The first kappa shape index (κ1) is 24.8. The molecule has 0 radical (unpaired) electrons. The molecule has 0 aliphatic heterocycles. The molecule has 3 rings (SSSR count). The van der Waals surface area contributed by atoms with Crippen LogP contribution >= 0.6 is 23.2 Å². The predicted molar refractivity (Wildman–Crippen MR) is 135 cm³/mol. The van der Waals surface area contributed by atoms with Gasteiger partial charge in [0.25, 0.3) is 0 Å². The van der Waals surface area contributed by atoms with Crippen LogP contribution in [-0.4, -0.2) is 29.3 Å². The van der Waals surface area contributed by atoms with Gasteiger partial charge in [-0.15, -0.1) is 0 Å². The van der Waals surface area contributed by atoms with E-state index in [1.807, 2.05) is 68.4 Å². The van der Waals surface area contributed by atoms with Crippen LogP contribution in [0.2, 0.25) is 10.0 Å². The third-order valence-corrected chi connectivity index (χ3v) is 6.04. The third kappa shape index (κ3) is 7.08. The fourth-order valence-corrected chi connectivity index (χ4v) is 4.13. The van der Waals surface area contributed by atoms with Gasteiger partial charge in [0.05, 0.1) is 6.42 Å². The average Bonchev–Trinajstić information content (AvgIpc) is 2.79. The molecule has 0 aromatic heterocycles. The van der Waals surface area contributed by atoms with Gasteiger partial charge in [-0.2, -0.15) is 0 Å². The lowest BCUT2D eigenvalue weighted by Crippen LogP contribution is -2.51. The fraction of sp³-hybridized carbons (Fsp3) is 0.259. The van der Waals surface area contributed by atoms with Crippen LogP contribution in [0.3, 0.4) is 0 Å². The van der Waals surface area contributed by atoms with E-state index in [1.54, 1.807) is 23.1 Å². The summed E-state index contributed by atoms with van der Waals surface area (Å²) in [4.78, 5) is 28.4. The van der Waals surface area contributed by atoms with Gasteiger partial charge < -0.3 is 10.2 Å². The van der Waals surface area contributed by atoms with Crippen LogP contribution in [0.4, 0.5) is 0 Å². The second kappa shape index (κ2) is 11.9. The van der Waals surface area contributed by atoms with Crippen molar-refractivity contribution in [1.82, 2.24) is 10.2 Å². The van der Waals surface area contributed by atoms with Gasteiger partial charge >= 0.3 is 0 Å². The zero-order valence-corrected chi connectivity index (χ0v) is 20.4. The number of rotatable bonds is 9. The van der Waals surface area contributed by atoms with Crippen molar-refractivity contribution in [3.63, 3.8) is 0 Å². The lowest BCUT2D eigenvalue weighted by molar-refractivity contribution is -0.140. The van der Waals surface area contributed by atoms with Crippen molar-refractivity contribution < 1.29 is 9.59 Å². The molecule has 33 heavy (non-hydrogen) atoms. The first-order valence-electron chi connectivity index (χ1n) is 11.0. The topological polar surface area (TPSA) is 49.4 Å². The number of carbonyl (C=O) groups excluding carboxylic acids is 2. The summed E-state index contributed by atoms with van der Waals surface area (Å²) in [5.41, 5.74) is 3.73. The van der Waals surface area contributed by atoms with Crippen molar-refractivity contribution in [2.24, 2.45) is 0 Å². The Kier molecular flexibility index (Phi) is 8.93. The molecule has 0 saturated heterocycles. The van der Waals surface area contributed by atoms with Crippen molar-refractivity contribution in [1.29, 1.82) is 0 Å². The molecule has 0 bridgehead atoms. The second-order valence-electron chi connectivity index (χ2n) is 8.02. The van der Waals surface area contributed by atoms with E-state index in [4.69, 9.17) is 23.2 Å². The third-order valence-electron chi connectivity index (χ3n) is 5.45. The van der Waals surface area contributed by atoms with Crippen LogP contribution in [0.15, 0.2) is 72.8 Å². The minimum Gasteiger partial charge on any atom is -0.355 e. The number of nitrogens with one attached hydrogen (secondary N) is 1. The highest BCUT2D eigenvalue weighted by Crippen LogP contribution is 2.24. The molecule has 4 nitrogen and oxygen atoms in total. The van der Waals surface area contributed by atoms with Gasteiger partial charge in [-0.3, -0.25) is 9.59 Å². The summed E-state index contributed by atoms with van der Waals surface area (Å²) in [6, 6.07) is 22.1. The summed E-state index contributed by atoms with van der Waals surface area (Å²) in [7, 11) is 0. The molecular formula is C27H28Cl2N2O2. The number of hydrogen-bond donors (Lipinski definition) is 1. The Morgan fingerprint density at radius 1 is 0.939 bits per heavy atom. The molecule has 0 heterocycles. The van der Waals surface area contributed by atoms with E-state index in [9.17, 15) is 9.59 Å². The molecule has 0 saturated carbocycles. The minimum atomic E-state index is -0.683. The van der Waals surface area contributed by atoms with Crippen LogP contribution in [0.25, 0.3) is 0 Å². The number of amides is 2. The SMILES string of the molecule is CCNC(=O)[C@H](Cc1ccccc1)N(Cc1ccc(Cl)cc1Cl)C(=O)Cc1ccc(C)cc1. The standard InChI is InChI=1S/C27H28Cl2N2O2/c1-3-30-27(33)25(15-20-7-5-4-6-8-20)31(18-22-13-14-23(28)17-24(22)29)26(32)16-21-11-9-19(2)10-12-21/h4-14,17,25H,3,15-16,18H2,1-2H3,(H,30,33)/t25-/m0/s1. The Morgan fingerprint density at radius 2 is 1.64 bits per heavy atom. The summed E-state index contributed by atoms with van der Waals surface area (Å²) in [5.74, 6) is -0.333. The molecule has 3 aromatic rings. The maximum Gasteiger partial charge on any atom is 0.243 e. The van der Waals surface area contributed by atoms with Crippen LogP contribution in [0.5, 0.6) is 0 Å². The number of benzene rings is 3.